The van der Waals surface area contributed by atoms with Gasteiger partial charge in [-0.25, -0.2) is 4.98 Å². The van der Waals surface area contributed by atoms with E-state index in [9.17, 15) is 9.59 Å². The lowest BCUT2D eigenvalue weighted by Gasteiger charge is -2.07. The van der Waals surface area contributed by atoms with Gasteiger partial charge in [-0.15, -0.1) is 0 Å². The largest absolute Gasteiger partial charge is 0.481 e. The number of aromatic nitrogens is 1. The molecule has 6 nitrogen and oxygen atoms in total. The van der Waals surface area contributed by atoms with E-state index in [1.807, 2.05) is 0 Å². The van der Waals surface area contributed by atoms with Crippen molar-refractivity contribution in [3.63, 3.8) is 0 Å². The first-order valence-corrected chi connectivity index (χ1v) is 6.64. The molecule has 0 atom stereocenters. The van der Waals surface area contributed by atoms with Gasteiger partial charge in [-0.1, -0.05) is 12.8 Å². The van der Waals surface area contributed by atoms with Crippen LogP contribution in [0.5, 0.6) is 5.88 Å². The fourth-order valence-corrected chi connectivity index (χ4v) is 1.78. The Morgan fingerprint density at radius 2 is 2.05 bits per heavy atom. The first-order chi connectivity index (χ1) is 9.65. The number of nitrogens with one attached hydrogen (secondary N) is 1. The summed E-state index contributed by atoms with van der Waals surface area (Å²) in [5.74, 6) is -0.658. The molecule has 1 aromatic rings. The zero-order chi connectivity index (χ0) is 14.8. The van der Waals surface area contributed by atoms with E-state index in [-0.39, 0.29) is 12.3 Å². The molecule has 1 amide bonds. The number of hydrogen-bond donors (Lipinski definition) is 2. The van der Waals surface area contributed by atoms with Crippen LogP contribution in [0, 0.1) is 0 Å². The van der Waals surface area contributed by atoms with Crippen LogP contribution in [0.3, 0.4) is 0 Å². The Kier molecular flexibility index (Phi) is 7.10. The number of hydrogen-bond acceptors (Lipinski definition) is 4. The minimum absolute atomic E-state index is 0.208. The molecule has 110 valence electrons. The van der Waals surface area contributed by atoms with E-state index >= 15 is 0 Å². The smallest absolute Gasteiger partial charge is 0.303 e. The quantitative estimate of drug-likeness (QED) is 0.674. The highest BCUT2D eigenvalue weighted by molar-refractivity contribution is 5.96. The van der Waals surface area contributed by atoms with Gasteiger partial charge in [0.1, 0.15) is 5.56 Å². The lowest BCUT2D eigenvalue weighted by atomic mass is 10.1. The first kappa shape index (κ1) is 15.9. The molecule has 0 fully saturated rings. The molecule has 0 aliphatic carbocycles. The van der Waals surface area contributed by atoms with Gasteiger partial charge in [0.2, 0.25) is 5.88 Å². The first-order valence-electron chi connectivity index (χ1n) is 6.64. The Balaban J connectivity index is 2.22. The Labute approximate surface area is 118 Å². The molecule has 0 saturated heterocycles. The second kappa shape index (κ2) is 8.90. The highest BCUT2D eigenvalue weighted by atomic mass is 16.5. The van der Waals surface area contributed by atoms with Gasteiger partial charge in [0.05, 0.1) is 7.11 Å². The fraction of sp³-hybridized carbons (Fsp3) is 0.500. The van der Waals surface area contributed by atoms with Crippen LogP contribution < -0.4 is 10.1 Å². The summed E-state index contributed by atoms with van der Waals surface area (Å²) < 4.78 is 5.02. The zero-order valence-electron chi connectivity index (χ0n) is 11.6. The van der Waals surface area contributed by atoms with Gasteiger partial charge < -0.3 is 15.2 Å². The van der Waals surface area contributed by atoms with E-state index in [0.717, 1.165) is 19.3 Å². The highest BCUT2D eigenvalue weighted by Crippen LogP contribution is 2.13. The molecule has 0 aliphatic rings. The fourth-order valence-electron chi connectivity index (χ4n) is 1.78. The van der Waals surface area contributed by atoms with Crippen molar-refractivity contribution in [1.82, 2.24) is 10.3 Å². The number of unbranched alkanes of at least 4 members (excludes halogenated alkanes) is 3. The molecule has 0 aliphatic heterocycles. The van der Waals surface area contributed by atoms with Gasteiger partial charge in [0, 0.05) is 19.2 Å². The van der Waals surface area contributed by atoms with E-state index in [0.29, 0.717) is 24.4 Å². The van der Waals surface area contributed by atoms with Crippen molar-refractivity contribution in [3.05, 3.63) is 23.9 Å². The van der Waals surface area contributed by atoms with Gasteiger partial charge in [-0.05, 0) is 25.0 Å². The second-order valence-electron chi connectivity index (χ2n) is 4.37. The van der Waals surface area contributed by atoms with Crippen molar-refractivity contribution >= 4 is 11.9 Å². The Hall–Kier alpha value is -2.11. The average molecular weight is 280 g/mol. The minimum Gasteiger partial charge on any atom is -0.481 e. The monoisotopic (exact) mass is 280 g/mol. The summed E-state index contributed by atoms with van der Waals surface area (Å²) in [6, 6.07) is 3.34. The number of carboxylic acids is 1. The van der Waals surface area contributed by atoms with E-state index in [4.69, 9.17) is 9.84 Å². The van der Waals surface area contributed by atoms with Crippen LogP contribution in [-0.4, -0.2) is 35.6 Å². The summed E-state index contributed by atoms with van der Waals surface area (Å²) in [5.41, 5.74) is 0.417. The standard InChI is InChI=1S/C14H20N2O4/c1-20-14-11(7-6-10-16-14)13(19)15-9-5-3-2-4-8-12(17)18/h6-7,10H,2-5,8-9H2,1H3,(H,15,19)(H,17,18). The van der Waals surface area contributed by atoms with E-state index in [1.165, 1.54) is 7.11 Å². The molecule has 0 saturated carbocycles. The third kappa shape index (κ3) is 5.69. The molecule has 0 aromatic carbocycles. The molecule has 0 radical (unpaired) electrons. The number of carboxylic acid groups (broad SMARTS) is 1. The average Bonchev–Trinajstić information content (AvgIpc) is 2.45. The summed E-state index contributed by atoms with van der Waals surface area (Å²) in [5, 5.41) is 11.3. The van der Waals surface area contributed by atoms with Crippen LogP contribution in [0.1, 0.15) is 42.5 Å². The number of ether oxygens (including phenoxy) is 1. The van der Waals surface area contributed by atoms with Crippen molar-refractivity contribution in [2.24, 2.45) is 0 Å². The van der Waals surface area contributed by atoms with Gasteiger partial charge in [0.15, 0.2) is 0 Å². The topological polar surface area (TPSA) is 88.5 Å². The van der Waals surface area contributed by atoms with Crippen LogP contribution in [0.2, 0.25) is 0 Å². The predicted octanol–water partition coefficient (Wildman–Crippen LogP) is 1.86. The third-order valence-corrected chi connectivity index (χ3v) is 2.81. The molecule has 1 rings (SSSR count). The summed E-state index contributed by atoms with van der Waals surface area (Å²) in [7, 11) is 1.47. The van der Waals surface area contributed by atoms with Crippen LogP contribution in [0.25, 0.3) is 0 Å². The number of carbonyl (C=O) groups is 2. The minimum atomic E-state index is -0.762. The van der Waals surface area contributed by atoms with Gasteiger partial charge in [-0.3, -0.25) is 9.59 Å². The molecule has 1 aromatic heterocycles. The number of carbonyl (C=O) groups excluding carboxylic acids is 1. The molecule has 1 heterocycles. The van der Waals surface area contributed by atoms with Crippen LogP contribution in [-0.2, 0) is 4.79 Å². The number of amides is 1. The maximum absolute atomic E-state index is 11.9. The Bertz CT molecular complexity index is 449. The molecule has 0 bridgehead atoms. The van der Waals surface area contributed by atoms with Gasteiger partial charge in [0.25, 0.3) is 5.91 Å². The van der Waals surface area contributed by atoms with E-state index in [1.54, 1.807) is 18.3 Å². The number of aliphatic carboxylic acids is 1. The van der Waals surface area contributed by atoms with Crippen molar-refractivity contribution in [2.75, 3.05) is 13.7 Å². The van der Waals surface area contributed by atoms with E-state index < -0.39 is 5.97 Å². The summed E-state index contributed by atoms with van der Waals surface area (Å²) in [4.78, 5) is 26.2. The highest BCUT2D eigenvalue weighted by Gasteiger charge is 2.11. The van der Waals surface area contributed by atoms with Crippen LogP contribution in [0.15, 0.2) is 18.3 Å². The maximum Gasteiger partial charge on any atom is 0.303 e. The Morgan fingerprint density at radius 3 is 2.75 bits per heavy atom. The van der Waals surface area contributed by atoms with E-state index in [2.05, 4.69) is 10.3 Å². The van der Waals surface area contributed by atoms with Gasteiger partial charge >= 0.3 is 5.97 Å². The SMILES string of the molecule is COc1ncccc1C(=O)NCCCCCCC(=O)O. The summed E-state index contributed by atoms with van der Waals surface area (Å²) >= 11 is 0. The number of rotatable bonds is 9. The number of pyridine rings is 1. The van der Waals surface area contributed by atoms with Crippen molar-refractivity contribution in [1.29, 1.82) is 0 Å². The molecule has 0 unspecified atom stereocenters. The summed E-state index contributed by atoms with van der Waals surface area (Å²) in [6.45, 7) is 0.559. The van der Waals surface area contributed by atoms with Crippen LogP contribution >= 0.6 is 0 Å². The zero-order valence-corrected chi connectivity index (χ0v) is 11.6. The summed E-state index contributed by atoms with van der Waals surface area (Å²) in [6.07, 6.45) is 5.04. The molecular weight excluding hydrogens is 260 g/mol. The molecule has 2 N–H and O–H groups in total. The predicted molar refractivity (Wildman–Crippen MR) is 73.8 cm³/mol. The second-order valence-corrected chi connectivity index (χ2v) is 4.37. The van der Waals surface area contributed by atoms with Crippen LogP contribution in [0.4, 0.5) is 0 Å². The molecule has 6 heteroatoms. The van der Waals surface area contributed by atoms with Crippen molar-refractivity contribution < 1.29 is 19.4 Å². The van der Waals surface area contributed by atoms with Gasteiger partial charge in [-0.2, -0.15) is 0 Å². The Morgan fingerprint density at radius 1 is 1.30 bits per heavy atom. The van der Waals surface area contributed by atoms with Crippen molar-refractivity contribution in [2.45, 2.75) is 32.1 Å². The number of methoxy groups -OCH3 is 1. The van der Waals surface area contributed by atoms with Crippen molar-refractivity contribution in [3.8, 4) is 5.88 Å². The molecule has 20 heavy (non-hydrogen) atoms. The maximum atomic E-state index is 11.9. The molecule has 0 spiro atoms. The number of nitrogens with zero attached hydrogens (tertiary/aromatic N) is 1. The normalized spacial score (nSPS) is 10.1. The third-order valence-electron chi connectivity index (χ3n) is 2.81. The lowest BCUT2D eigenvalue weighted by molar-refractivity contribution is -0.137. The molecular formula is C14H20N2O4. The lowest BCUT2D eigenvalue weighted by Crippen LogP contribution is -2.25.